The number of carbonyl (C=O) groups excluding carboxylic acids is 2. The van der Waals surface area contributed by atoms with Crippen molar-refractivity contribution in [2.75, 3.05) is 26.1 Å². The number of carbonyl (C=O) groups is 2. The van der Waals surface area contributed by atoms with Gasteiger partial charge >= 0.3 is 0 Å². The summed E-state index contributed by atoms with van der Waals surface area (Å²) in [5.74, 6) is 1.52. The number of hydrogen-bond donors (Lipinski definition) is 1. The van der Waals surface area contributed by atoms with E-state index in [1.807, 2.05) is 10.8 Å². The molecule has 6 nitrogen and oxygen atoms in total. The number of nitrogens with one attached hydrogen (secondary N) is 1. The second-order valence-electron chi connectivity index (χ2n) is 5.71. The molecule has 122 valence electrons. The van der Waals surface area contributed by atoms with Gasteiger partial charge in [-0.2, -0.15) is 11.8 Å². The molecule has 1 aromatic heterocycles. The monoisotopic (exact) mass is 324 g/mol. The van der Waals surface area contributed by atoms with Crippen LogP contribution >= 0.6 is 11.8 Å². The number of aromatic nitrogens is 2. The van der Waals surface area contributed by atoms with Crippen molar-refractivity contribution in [3.8, 4) is 0 Å². The highest BCUT2D eigenvalue weighted by atomic mass is 32.2. The van der Waals surface area contributed by atoms with Crippen molar-refractivity contribution in [2.45, 2.75) is 38.3 Å². The molecule has 1 N–H and O–H groups in total. The normalized spacial score (nSPS) is 15.0. The van der Waals surface area contributed by atoms with Gasteiger partial charge in [0, 0.05) is 27.1 Å². The molecule has 1 aliphatic heterocycles. The minimum atomic E-state index is -0.482. The summed E-state index contributed by atoms with van der Waals surface area (Å²) in [7, 11) is 3.42. The minimum Gasteiger partial charge on any atom is -0.347 e. The van der Waals surface area contributed by atoms with Crippen LogP contribution < -0.4 is 5.32 Å². The average molecular weight is 324 g/mol. The summed E-state index contributed by atoms with van der Waals surface area (Å²) < 4.78 is 1.98. The molecule has 1 aromatic rings. The summed E-state index contributed by atoms with van der Waals surface area (Å²) in [5.41, 5.74) is 0.565. The highest BCUT2D eigenvalue weighted by molar-refractivity contribution is 7.98. The number of amides is 2. The van der Waals surface area contributed by atoms with Crippen LogP contribution in [0.1, 0.15) is 35.6 Å². The van der Waals surface area contributed by atoms with Gasteiger partial charge in [0.25, 0.3) is 5.91 Å². The van der Waals surface area contributed by atoms with Crippen LogP contribution in [0.4, 0.5) is 0 Å². The number of fused-ring (bicyclic) bond motifs is 1. The van der Waals surface area contributed by atoms with E-state index in [1.54, 1.807) is 32.1 Å². The summed E-state index contributed by atoms with van der Waals surface area (Å²) in [5, 5.41) is 2.88. The molecule has 0 bridgehead atoms. The molecule has 0 saturated heterocycles. The summed E-state index contributed by atoms with van der Waals surface area (Å²) in [6, 6.07) is -0.482. The van der Waals surface area contributed by atoms with Gasteiger partial charge in [0.15, 0.2) is 0 Å². The molecule has 2 heterocycles. The van der Waals surface area contributed by atoms with E-state index in [2.05, 4.69) is 10.3 Å². The molecule has 2 amide bonds. The molecule has 2 rings (SSSR count). The molecule has 0 unspecified atom stereocenters. The third kappa shape index (κ3) is 3.82. The largest absolute Gasteiger partial charge is 0.347 e. The molecule has 0 fully saturated rings. The Balaban J connectivity index is 2.10. The Kier molecular flexibility index (Phi) is 5.88. The maximum Gasteiger partial charge on any atom is 0.270 e. The molecule has 1 atom stereocenters. The van der Waals surface area contributed by atoms with E-state index >= 15 is 0 Å². The van der Waals surface area contributed by atoms with E-state index in [1.165, 1.54) is 4.90 Å². The Hall–Kier alpha value is -1.50. The van der Waals surface area contributed by atoms with Crippen molar-refractivity contribution in [1.29, 1.82) is 0 Å². The number of imidazole rings is 1. The zero-order valence-electron chi connectivity index (χ0n) is 13.5. The summed E-state index contributed by atoms with van der Waals surface area (Å²) in [6.07, 6.45) is 7.35. The van der Waals surface area contributed by atoms with Crippen molar-refractivity contribution < 1.29 is 9.59 Å². The maximum absolute atomic E-state index is 12.5. The Morgan fingerprint density at radius 3 is 2.91 bits per heavy atom. The van der Waals surface area contributed by atoms with Crippen molar-refractivity contribution in [1.82, 2.24) is 19.8 Å². The Morgan fingerprint density at radius 2 is 2.23 bits per heavy atom. The first-order chi connectivity index (χ1) is 10.5. The number of rotatable bonds is 6. The maximum atomic E-state index is 12.5. The lowest BCUT2D eigenvalue weighted by Crippen LogP contribution is -2.47. The summed E-state index contributed by atoms with van der Waals surface area (Å²) in [6.45, 7) is 0.829. The number of aryl methyl sites for hydroxylation is 1. The first-order valence-corrected chi connectivity index (χ1v) is 8.99. The lowest BCUT2D eigenvalue weighted by Gasteiger charge is -2.22. The van der Waals surface area contributed by atoms with Gasteiger partial charge in [-0.05, 0) is 31.3 Å². The minimum absolute atomic E-state index is 0.0687. The van der Waals surface area contributed by atoms with Gasteiger partial charge in [0.05, 0.1) is 6.20 Å². The van der Waals surface area contributed by atoms with E-state index < -0.39 is 6.04 Å². The van der Waals surface area contributed by atoms with Gasteiger partial charge in [0.2, 0.25) is 5.91 Å². The Morgan fingerprint density at radius 1 is 1.45 bits per heavy atom. The standard InChI is InChI=1S/C15H24N4O2S/c1-18(2)15(21)11(7-9-22-3)17-14(20)12-10-16-13-6-4-5-8-19(12)13/h10-11H,4-9H2,1-3H3,(H,17,20)/t11-/m0/s1. The molecular formula is C15H24N4O2S. The molecule has 7 heteroatoms. The molecule has 22 heavy (non-hydrogen) atoms. The fraction of sp³-hybridized carbons (Fsp3) is 0.667. The van der Waals surface area contributed by atoms with Crippen molar-refractivity contribution in [3.63, 3.8) is 0 Å². The zero-order chi connectivity index (χ0) is 16.1. The molecular weight excluding hydrogens is 300 g/mol. The summed E-state index contributed by atoms with van der Waals surface area (Å²) >= 11 is 1.67. The molecule has 0 spiro atoms. The zero-order valence-corrected chi connectivity index (χ0v) is 14.3. The third-order valence-electron chi connectivity index (χ3n) is 3.86. The number of nitrogens with zero attached hydrogens (tertiary/aromatic N) is 3. The van der Waals surface area contributed by atoms with Crippen LogP contribution in [-0.4, -0.2) is 58.4 Å². The number of likely N-dealkylation sites (N-methyl/N-ethyl adjacent to an activating group) is 1. The van der Waals surface area contributed by atoms with Gasteiger partial charge in [-0.3, -0.25) is 9.59 Å². The fourth-order valence-corrected chi connectivity index (χ4v) is 3.11. The van der Waals surface area contributed by atoms with Crippen molar-refractivity contribution >= 4 is 23.6 Å². The number of hydrogen-bond acceptors (Lipinski definition) is 4. The molecule has 0 aromatic carbocycles. The quantitative estimate of drug-likeness (QED) is 0.853. The predicted molar refractivity (Wildman–Crippen MR) is 88.1 cm³/mol. The molecule has 1 aliphatic rings. The first-order valence-electron chi connectivity index (χ1n) is 7.60. The van der Waals surface area contributed by atoms with Crippen molar-refractivity contribution in [3.05, 3.63) is 17.7 Å². The lowest BCUT2D eigenvalue weighted by atomic mass is 10.1. The highest BCUT2D eigenvalue weighted by Crippen LogP contribution is 2.16. The van der Waals surface area contributed by atoms with Gasteiger partial charge in [-0.1, -0.05) is 0 Å². The lowest BCUT2D eigenvalue weighted by molar-refractivity contribution is -0.130. The Bertz CT molecular complexity index is 542. The van der Waals surface area contributed by atoms with E-state index in [0.717, 1.165) is 37.4 Å². The topological polar surface area (TPSA) is 67.2 Å². The predicted octanol–water partition coefficient (Wildman–Crippen LogP) is 1.16. The highest BCUT2D eigenvalue weighted by Gasteiger charge is 2.25. The van der Waals surface area contributed by atoms with E-state index in [0.29, 0.717) is 12.1 Å². The fourth-order valence-electron chi connectivity index (χ4n) is 2.63. The second kappa shape index (κ2) is 7.67. The van der Waals surface area contributed by atoms with E-state index in [4.69, 9.17) is 0 Å². The molecule has 0 aliphatic carbocycles. The van der Waals surface area contributed by atoms with Crippen LogP contribution in [-0.2, 0) is 17.8 Å². The van der Waals surface area contributed by atoms with Crippen LogP contribution in [0.15, 0.2) is 6.20 Å². The van der Waals surface area contributed by atoms with Crippen LogP contribution in [0.3, 0.4) is 0 Å². The average Bonchev–Trinajstić information content (AvgIpc) is 2.94. The van der Waals surface area contributed by atoms with Crippen molar-refractivity contribution in [2.24, 2.45) is 0 Å². The smallest absolute Gasteiger partial charge is 0.270 e. The summed E-state index contributed by atoms with van der Waals surface area (Å²) in [4.78, 5) is 30.6. The van der Waals surface area contributed by atoms with Crippen LogP contribution in [0.25, 0.3) is 0 Å². The molecule has 0 radical (unpaired) electrons. The number of thioether (sulfide) groups is 1. The van der Waals surface area contributed by atoms with Gasteiger partial charge in [-0.15, -0.1) is 0 Å². The van der Waals surface area contributed by atoms with Gasteiger partial charge < -0.3 is 14.8 Å². The van der Waals surface area contributed by atoms with Crippen LogP contribution in [0, 0.1) is 0 Å². The van der Waals surface area contributed by atoms with E-state index in [9.17, 15) is 9.59 Å². The SMILES string of the molecule is CSCC[C@H](NC(=O)c1cnc2n1CCCC2)C(=O)N(C)C. The van der Waals surface area contributed by atoms with Crippen LogP contribution in [0.2, 0.25) is 0 Å². The first kappa shape index (κ1) is 16.9. The second-order valence-corrected chi connectivity index (χ2v) is 6.69. The Labute approximate surface area is 135 Å². The van der Waals surface area contributed by atoms with E-state index in [-0.39, 0.29) is 11.8 Å². The molecule has 0 saturated carbocycles. The van der Waals surface area contributed by atoms with Gasteiger partial charge in [0.1, 0.15) is 17.6 Å². The van der Waals surface area contributed by atoms with Crippen LogP contribution in [0.5, 0.6) is 0 Å². The third-order valence-corrected chi connectivity index (χ3v) is 4.50. The van der Waals surface area contributed by atoms with Gasteiger partial charge in [-0.25, -0.2) is 4.98 Å².